The smallest absolute Gasteiger partial charge is 0.336 e. The Bertz CT molecular complexity index is 990. The molecule has 8 heteroatoms. The predicted molar refractivity (Wildman–Crippen MR) is 116 cm³/mol. The number of carbonyl (C=O) groups is 3. The Kier molecular flexibility index (Phi) is 7.41. The summed E-state index contributed by atoms with van der Waals surface area (Å²) >= 11 is 5.98. The second kappa shape index (κ2) is 10.2. The van der Waals surface area contributed by atoms with Crippen LogP contribution in [0.25, 0.3) is 0 Å². The molecule has 162 valence electrons. The van der Waals surface area contributed by atoms with Crippen molar-refractivity contribution in [1.82, 2.24) is 15.2 Å². The van der Waals surface area contributed by atoms with Crippen LogP contribution in [0.3, 0.4) is 0 Å². The number of esters is 1. The number of pyridine rings is 1. The van der Waals surface area contributed by atoms with E-state index in [2.05, 4.69) is 10.3 Å². The molecule has 1 aliphatic rings. The number of hydrogen-bond acceptors (Lipinski definition) is 5. The highest BCUT2D eigenvalue weighted by molar-refractivity contribution is 6.30. The highest BCUT2D eigenvalue weighted by Crippen LogP contribution is 2.37. The summed E-state index contributed by atoms with van der Waals surface area (Å²) in [5.41, 5.74) is 2.44. The van der Waals surface area contributed by atoms with Crippen molar-refractivity contribution in [3.8, 4) is 0 Å². The highest BCUT2D eigenvalue weighted by atomic mass is 35.5. The Morgan fingerprint density at radius 1 is 1.26 bits per heavy atom. The average molecular weight is 442 g/mol. The largest absolute Gasteiger partial charge is 0.463 e. The molecule has 1 N–H and O–H groups in total. The highest BCUT2D eigenvalue weighted by Gasteiger charge is 2.37. The number of carbonyl (C=O) groups excluding carboxylic acids is 3. The van der Waals surface area contributed by atoms with Crippen molar-refractivity contribution >= 4 is 29.4 Å². The third-order valence-electron chi connectivity index (χ3n) is 5.10. The SMILES string of the molecule is CCOC(=O)C1=C(C)N(CC(=O)NCc2cccnc2)C(=O)CC1c1ccc(Cl)cc1. The standard InChI is InChI=1S/C23H24ClN3O4/c1-3-31-23(30)22-15(2)27(14-20(28)26-13-16-5-4-10-25-12-16)21(29)11-19(22)17-6-8-18(24)9-7-17/h4-10,12,19H,3,11,13-14H2,1-2H3,(H,26,28). The van der Waals surface area contributed by atoms with Crippen molar-refractivity contribution in [3.05, 3.63) is 76.2 Å². The molecule has 3 rings (SSSR count). The van der Waals surface area contributed by atoms with Gasteiger partial charge in [0.15, 0.2) is 0 Å². The molecule has 7 nitrogen and oxygen atoms in total. The fourth-order valence-corrected chi connectivity index (χ4v) is 3.69. The summed E-state index contributed by atoms with van der Waals surface area (Å²) in [6.07, 6.45) is 3.37. The summed E-state index contributed by atoms with van der Waals surface area (Å²) in [5.74, 6) is -1.52. The molecule has 2 heterocycles. The first-order valence-corrected chi connectivity index (χ1v) is 10.4. The molecule has 1 aromatic carbocycles. The van der Waals surface area contributed by atoms with Crippen LogP contribution < -0.4 is 5.32 Å². The molecule has 0 saturated carbocycles. The minimum absolute atomic E-state index is 0.0585. The molecule has 0 spiro atoms. The van der Waals surface area contributed by atoms with Crippen molar-refractivity contribution in [2.24, 2.45) is 0 Å². The molecule has 1 aromatic heterocycles. The minimum atomic E-state index is -0.492. The first kappa shape index (κ1) is 22.5. The van der Waals surface area contributed by atoms with Crippen LogP contribution in [-0.4, -0.2) is 40.8 Å². The number of rotatable bonds is 7. The Labute approximate surface area is 186 Å². The van der Waals surface area contributed by atoms with E-state index in [-0.39, 0.29) is 31.4 Å². The van der Waals surface area contributed by atoms with Crippen LogP contribution in [0.1, 0.15) is 37.3 Å². The lowest BCUT2D eigenvalue weighted by Crippen LogP contribution is -2.44. The third-order valence-corrected chi connectivity index (χ3v) is 5.36. The van der Waals surface area contributed by atoms with Crippen LogP contribution in [0.5, 0.6) is 0 Å². The van der Waals surface area contributed by atoms with E-state index in [1.165, 1.54) is 4.90 Å². The monoisotopic (exact) mass is 441 g/mol. The average Bonchev–Trinajstić information content (AvgIpc) is 2.76. The lowest BCUT2D eigenvalue weighted by Gasteiger charge is -2.34. The topological polar surface area (TPSA) is 88.6 Å². The van der Waals surface area contributed by atoms with E-state index in [9.17, 15) is 14.4 Å². The third kappa shape index (κ3) is 5.49. The maximum absolute atomic E-state index is 12.9. The number of amides is 2. The maximum atomic E-state index is 12.9. The molecular formula is C23H24ClN3O4. The second-order valence-corrected chi connectivity index (χ2v) is 7.58. The first-order valence-electron chi connectivity index (χ1n) is 10.00. The van der Waals surface area contributed by atoms with Crippen molar-refractivity contribution in [2.45, 2.75) is 32.7 Å². The normalized spacial score (nSPS) is 16.3. The molecule has 0 aliphatic carbocycles. The van der Waals surface area contributed by atoms with Crippen molar-refractivity contribution in [3.63, 3.8) is 0 Å². The molecule has 1 unspecified atom stereocenters. The minimum Gasteiger partial charge on any atom is -0.463 e. The Morgan fingerprint density at radius 3 is 2.65 bits per heavy atom. The van der Waals surface area contributed by atoms with Gasteiger partial charge in [-0.2, -0.15) is 0 Å². The van der Waals surface area contributed by atoms with Crippen LogP contribution in [0, 0.1) is 0 Å². The zero-order chi connectivity index (χ0) is 22.4. The number of nitrogens with one attached hydrogen (secondary N) is 1. The number of allylic oxidation sites excluding steroid dienone is 1. The van der Waals surface area contributed by atoms with Gasteiger partial charge in [-0.3, -0.25) is 14.6 Å². The molecule has 2 aromatic rings. The summed E-state index contributed by atoms with van der Waals surface area (Å²) in [4.78, 5) is 43.5. The number of nitrogens with zero attached hydrogens (tertiary/aromatic N) is 2. The summed E-state index contributed by atoms with van der Waals surface area (Å²) in [5, 5.41) is 3.35. The Balaban J connectivity index is 1.83. The maximum Gasteiger partial charge on any atom is 0.336 e. The van der Waals surface area contributed by atoms with Gasteiger partial charge >= 0.3 is 5.97 Å². The number of ether oxygens (including phenoxy) is 1. The van der Waals surface area contributed by atoms with E-state index in [1.807, 2.05) is 6.07 Å². The summed E-state index contributed by atoms with van der Waals surface area (Å²) < 4.78 is 5.25. The van der Waals surface area contributed by atoms with Gasteiger partial charge in [0.1, 0.15) is 6.54 Å². The molecule has 1 atom stereocenters. The zero-order valence-corrected chi connectivity index (χ0v) is 18.2. The summed E-state index contributed by atoms with van der Waals surface area (Å²) in [6.45, 7) is 3.72. The van der Waals surface area contributed by atoms with E-state index >= 15 is 0 Å². The number of hydrogen-bond donors (Lipinski definition) is 1. The van der Waals surface area contributed by atoms with Gasteiger partial charge in [0.25, 0.3) is 0 Å². The molecule has 1 aliphatic heterocycles. The Morgan fingerprint density at radius 2 is 2.00 bits per heavy atom. The lowest BCUT2D eigenvalue weighted by molar-refractivity contribution is -0.141. The van der Waals surface area contributed by atoms with E-state index < -0.39 is 11.9 Å². The summed E-state index contributed by atoms with van der Waals surface area (Å²) in [7, 11) is 0. The number of aromatic nitrogens is 1. The fraction of sp³-hybridized carbons (Fsp3) is 0.304. The van der Waals surface area contributed by atoms with Crippen LogP contribution in [0.15, 0.2) is 60.1 Å². The van der Waals surface area contributed by atoms with Crippen molar-refractivity contribution < 1.29 is 19.1 Å². The first-order chi connectivity index (χ1) is 14.9. The van der Waals surface area contributed by atoms with Crippen LogP contribution in [-0.2, 0) is 25.7 Å². The van der Waals surface area contributed by atoms with Gasteiger partial charge in [-0.25, -0.2) is 4.79 Å². The van der Waals surface area contributed by atoms with E-state index in [0.29, 0.717) is 22.8 Å². The van der Waals surface area contributed by atoms with Crippen LogP contribution in [0.2, 0.25) is 5.02 Å². The molecule has 2 amide bonds. The molecule has 0 saturated heterocycles. The van der Waals surface area contributed by atoms with Gasteiger partial charge in [-0.05, 0) is 43.2 Å². The van der Waals surface area contributed by atoms with Gasteiger partial charge in [0, 0.05) is 42.0 Å². The van der Waals surface area contributed by atoms with Gasteiger partial charge in [-0.1, -0.05) is 29.8 Å². The van der Waals surface area contributed by atoms with Gasteiger partial charge in [0.2, 0.25) is 11.8 Å². The second-order valence-electron chi connectivity index (χ2n) is 7.15. The van der Waals surface area contributed by atoms with Gasteiger partial charge in [-0.15, -0.1) is 0 Å². The molecule has 0 fully saturated rings. The number of halogens is 1. The molecule has 31 heavy (non-hydrogen) atoms. The van der Waals surface area contributed by atoms with Gasteiger partial charge < -0.3 is 15.0 Å². The van der Waals surface area contributed by atoms with Crippen LogP contribution >= 0.6 is 11.6 Å². The van der Waals surface area contributed by atoms with Gasteiger partial charge in [0.05, 0.1) is 12.2 Å². The zero-order valence-electron chi connectivity index (χ0n) is 17.4. The van der Waals surface area contributed by atoms with Crippen molar-refractivity contribution in [1.29, 1.82) is 0 Å². The predicted octanol–water partition coefficient (Wildman–Crippen LogP) is 3.20. The lowest BCUT2D eigenvalue weighted by atomic mass is 9.83. The quantitative estimate of drug-likeness (QED) is 0.666. The van der Waals surface area contributed by atoms with Crippen molar-refractivity contribution in [2.75, 3.05) is 13.2 Å². The molecule has 0 bridgehead atoms. The summed E-state index contributed by atoms with van der Waals surface area (Å²) in [6, 6.07) is 10.7. The Hall–Kier alpha value is -3.19. The van der Waals surface area contributed by atoms with Crippen LogP contribution in [0.4, 0.5) is 0 Å². The fourth-order valence-electron chi connectivity index (χ4n) is 3.56. The molecular weight excluding hydrogens is 418 g/mol. The number of benzene rings is 1. The van der Waals surface area contributed by atoms with E-state index in [0.717, 1.165) is 11.1 Å². The van der Waals surface area contributed by atoms with E-state index in [1.54, 1.807) is 56.6 Å². The van der Waals surface area contributed by atoms with E-state index in [4.69, 9.17) is 16.3 Å². The molecule has 0 radical (unpaired) electrons.